The van der Waals surface area contributed by atoms with Crippen LogP contribution in [-0.2, 0) is 4.79 Å². The van der Waals surface area contributed by atoms with Crippen LogP contribution in [-0.4, -0.2) is 24.4 Å². The molecule has 1 atom stereocenters. The minimum Gasteiger partial charge on any atom is -0.495 e. The standard InChI is InChI=1S/C11H12BrNO2/c1-15-10-5-3-2-4-9(10)13-7-6-8(12)11(13)14/h2-5,8H,6-7H2,1H3/t8-/m1/s1. The van der Waals surface area contributed by atoms with Crippen molar-refractivity contribution < 1.29 is 9.53 Å². The number of rotatable bonds is 2. The van der Waals surface area contributed by atoms with Gasteiger partial charge in [0.05, 0.1) is 17.6 Å². The van der Waals surface area contributed by atoms with Crippen molar-refractivity contribution in [2.45, 2.75) is 11.2 Å². The van der Waals surface area contributed by atoms with Crippen LogP contribution < -0.4 is 9.64 Å². The number of hydrogen-bond donors (Lipinski definition) is 0. The Morgan fingerprint density at radius 1 is 1.47 bits per heavy atom. The molecule has 2 rings (SSSR count). The lowest BCUT2D eigenvalue weighted by Gasteiger charge is -2.18. The van der Waals surface area contributed by atoms with Gasteiger partial charge in [-0.2, -0.15) is 0 Å². The zero-order chi connectivity index (χ0) is 10.8. The molecule has 0 aromatic heterocycles. The summed E-state index contributed by atoms with van der Waals surface area (Å²) >= 11 is 3.36. The van der Waals surface area contributed by atoms with Crippen LogP contribution in [0.15, 0.2) is 24.3 Å². The molecule has 80 valence electrons. The molecule has 3 nitrogen and oxygen atoms in total. The molecule has 1 heterocycles. The van der Waals surface area contributed by atoms with Gasteiger partial charge in [0.15, 0.2) is 0 Å². The zero-order valence-corrected chi connectivity index (χ0v) is 10.0. The number of hydrogen-bond acceptors (Lipinski definition) is 2. The van der Waals surface area contributed by atoms with E-state index in [0.717, 1.165) is 24.4 Å². The van der Waals surface area contributed by atoms with E-state index in [1.807, 2.05) is 24.3 Å². The van der Waals surface area contributed by atoms with Crippen molar-refractivity contribution in [3.8, 4) is 5.75 Å². The number of carbonyl (C=O) groups is 1. The Kier molecular flexibility index (Phi) is 2.95. The van der Waals surface area contributed by atoms with E-state index in [4.69, 9.17) is 4.74 Å². The Bertz CT molecular complexity index is 381. The summed E-state index contributed by atoms with van der Waals surface area (Å²) in [4.78, 5) is 13.5. The normalized spacial score (nSPS) is 20.8. The molecule has 1 aromatic carbocycles. The minimum absolute atomic E-state index is 0.0533. The predicted octanol–water partition coefficient (Wildman–Crippen LogP) is 2.20. The number of alkyl halides is 1. The molecular weight excluding hydrogens is 258 g/mol. The number of benzene rings is 1. The van der Waals surface area contributed by atoms with Crippen molar-refractivity contribution in [2.24, 2.45) is 0 Å². The van der Waals surface area contributed by atoms with E-state index in [1.165, 1.54) is 0 Å². The summed E-state index contributed by atoms with van der Waals surface area (Å²) < 4.78 is 5.23. The van der Waals surface area contributed by atoms with Gasteiger partial charge >= 0.3 is 0 Å². The van der Waals surface area contributed by atoms with Crippen LogP contribution in [0.1, 0.15) is 6.42 Å². The van der Waals surface area contributed by atoms with Crippen molar-refractivity contribution in [3.63, 3.8) is 0 Å². The monoisotopic (exact) mass is 269 g/mol. The van der Waals surface area contributed by atoms with Gasteiger partial charge in [-0.25, -0.2) is 0 Å². The predicted molar refractivity (Wildman–Crippen MR) is 62.7 cm³/mol. The molecule has 1 aliphatic heterocycles. The van der Waals surface area contributed by atoms with Gasteiger partial charge in [0, 0.05) is 6.54 Å². The molecule has 1 saturated heterocycles. The van der Waals surface area contributed by atoms with E-state index < -0.39 is 0 Å². The number of ether oxygens (including phenoxy) is 1. The fourth-order valence-corrected chi connectivity index (χ4v) is 2.19. The number of para-hydroxylation sites is 2. The summed E-state index contributed by atoms with van der Waals surface area (Å²) in [7, 11) is 1.62. The SMILES string of the molecule is COc1ccccc1N1CC[C@@H](Br)C1=O. The second-order valence-corrected chi connectivity index (χ2v) is 4.52. The quantitative estimate of drug-likeness (QED) is 0.771. The summed E-state index contributed by atoms with van der Waals surface area (Å²) in [5.74, 6) is 0.854. The summed E-state index contributed by atoms with van der Waals surface area (Å²) in [6.45, 7) is 0.745. The maximum absolute atomic E-state index is 11.8. The molecule has 4 heteroatoms. The highest BCUT2D eigenvalue weighted by Gasteiger charge is 2.31. The third kappa shape index (κ3) is 1.86. The van der Waals surface area contributed by atoms with Gasteiger partial charge in [-0.05, 0) is 18.6 Å². The van der Waals surface area contributed by atoms with Crippen LogP contribution in [0, 0.1) is 0 Å². The fraction of sp³-hybridized carbons (Fsp3) is 0.364. The lowest BCUT2D eigenvalue weighted by atomic mass is 10.2. The van der Waals surface area contributed by atoms with Crippen molar-refractivity contribution in [2.75, 3.05) is 18.6 Å². The Balaban J connectivity index is 2.33. The summed E-state index contributed by atoms with van der Waals surface area (Å²) in [5, 5.41) is 0. The fourth-order valence-electron chi connectivity index (χ4n) is 1.74. The van der Waals surface area contributed by atoms with Gasteiger partial charge in [-0.15, -0.1) is 0 Å². The first kappa shape index (κ1) is 10.5. The van der Waals surface area contributed by atoms with Crippen LogP contribution in [0.2, 0.25) is 0 Å². The van der Waals surface area contributed by atoms with Crippen LogP contribution in [0.3, 0.4) is 0 Å². The Labute approximate surface area is 97.2 Å². The van der Waals surface area contributed by atoms with Crippen LogP contribution >= 0.6 is 15.9 Å². The van der Waals surface area contributed by atoms with E-state index in [1.54, 1.807) is 12.0 Å². The Morgan fingerprint density at radius 2 is 2.20 bits per heavy atom. The van der Waals surface area contributed by atoms with E-state index in [9.17, 15) is 4.79 Å². The number of anilines is 1. The van der Waals surface area contributed by atoms with Crippen LogP contribution in [0.4, 0.5) is 5.69 Å². The van der Waals surface area contributed by atoms with Gasteiger partial charge in [-0.1, -0.05) is 28.1 Å². The van der Waals surface area contributed by atoms with Crippen molar-refractivity contribution in [3.05, 3.63) is 24.3 Å². The summed E-state index contributed by atoms with van der Waals surface area (Å²) in [6, 6.07) is 7.58. The highest BCUT2D eigenvalue weighted by molar-refractivity contribution is 9.10. The third-order valence-corrected chi connectivity index (χ3v) is 3.37. The molecule has 15 heavy (non-hydrogen) atoms. The second kappa shape index (κ2) is 4.23. The Morgan fingerprint density at radius 3 is 2.80 bits per heavy atom. The molecular formula is C11H12BrNO2. The number of carbonyl (C=O) groups excluding carboxylic acids is 1. The first-order valence-corrected chi connectivity index (χ1v) is 5.74. The van der Waals surface area contributed by atoms with Gasteiger partial charge in [-0.3, -0.25) is 4.79 Å². The molecule has 0 saturated carbocycles. The average molecular weight is 270 g/mol. The summed E-state index contributed by atoms with van der Waals surface area (Å²) in [6.07, 6.45) is 0.844. The smallest absolute Gasteiger partial charge is 0.240 e. The lowest BCUT2D eigenvalue weighted by molar-refractivity contribution is -0.116. The number of amides is 1. The Hall–Kier alpha value is -1.03. The lowest BCUT2D eigenvalue weighted by Crippen LogP contribution is -2.27. The molecule has 0 N–H and O–H groups in total. The molecule has 1 fully saturated rings. The maximum atomic E-state index is 11.8. The number of methoxy groups -OCH3 is 1. The first-order chi connectivity index (χ1) is 7.24. The number of nitrogens with zero attached hydrogens (tertiary/aromatic N) is 1. The molecule has 1 aliphatic rings. The molecule has 0 bridgehead atoms. The van der Waals surface area contributed by atoms with Crippen LogP contribution in [0.25, 0.3) is 0 Å². The zero-order valence-electron chi connectivity index (χ0n) is 8.44. The van der Waals surface area contributed by atoms with E-state index in [-0.39, 0.29) is 10.7 Å². The number of halogens is 1. The van der Waals surface area contributed by atoms with E-state index in [0.29, 0.717) is 0 Å². The maximum Gasteiger partial charge on any atom is 0.240 e. The third-order valence-electron chi connectivity index (χ3n) is 2.52. The van der Waals surface area contributed by atoms with Crippen molar-refractivity contribution >= 4 is 27.5 Å². The van der Waals surface area contributed by atoms with E-state index >= 15 is 0 Å². The van der Waals surface area contributed by atoms with Gasteiger partial charge in [0.25, 0.3) is 0 Å². The second-order valence-electron chi connectivity index (χ2n) is 3.42. The van der Waals surface area contributed by atoms with Crippen molar-refractivity contribution in [1.29, 1.82) is 0 Å². The minimum atomic E-state index is -0.0533. The van der Waals surface area contributed by atoms with Gasteiger partial charge < -0.3 is 9.64 Å². The molecule has 0 unspecified atom stereocenters. The van der Waals surface area contributed by atoms with E-state index in [2.05, 4.69) is 15.9 Å². The van der Waals surface area contributed by atoms with Gasteiger partial charge in [0.2, 0.25) is 5.91 Å². The first-order valence-electron chi connectivity index (χ1n) is 4.82. The highest BCUT2D eigenvalue weighted by atomic mass is 79.9. The molecule has 1 amide bonds. The summed E-state index contributed by atoms with van der Waals surface area (Å²) in [5.41, 5.74) is 0.854. The van der Waals surface area contributed by atoms with Crippen LogP contribution in [0.5, 0.6) is 5.75 Å². The van der Waals surface area contributed by atoms with Gasteiger partial charge in [0.1, 0.15) is 5.75 Å². The molecule has 1 aromatic rings. The largest absolute Gasteiger partial charge is 0.495 e. The topological polar surface area (TPSA) is 29.5 Å². The molecule has 0 aliphatic carbocycles. The molecule has 0 spiro atoms. The molecule has 0 radical (unpaired) electrons. The average Bonchev–Trinajstić information content (AvgIpc) is 2.60. The highest BCUT2D eigenvalue weighted by Crippen LogP contribution is 2.32. The van der Waals surface area contributed by atoms with Crippen molar-refractivity contribution in [1.82, 2.24) is 0 Å².